The number of ether oxygens (including phenoxy) is 2. The topological polar surface area (TPSA) is 111 Å². The molecule has 0 aliphatic rings. The Hall–Kier alpha value is -2.75. The van der Waals surface area contributed by atoms with Crippen LogP contribution >= 0.6 is 0 Å². The van der Waals surface area contributed by atoms with Crippen molar-refractivity contribution < 1.29 is 28.7 Å². The molecule has 10 heteroatoms. The standard InChI is InChI=1S/C15H22N4O6/c1-10(15(23)25-5)19-8-16-13(18(3)9-20)12(19)14(22)17(2)6-11(21)7-24-4/h8-10H,6-7H2,1-5H3. The van der Waals surface area contributed by atoms with Crippen LogP contribution < -0.4 is 4.90 Å². The maximum atomic E-state index is 12.8. The van der Waals surface area contributed by atoms with Gasteiger partial charge in [0.1, 0.15) is 12.6 Å². The number of hydrogen-bond acceptors (Lipinski definition) is 7. The third kappa shape index (κ3) is 4.63. The summed E-state index contributed by atoms with van der Waals surface area (Å²) < 4.78 is 10.7. The lowest BCUT2D eigenvalue weighted by atomic mass is 10.2. The summed E-state index contributed by atoms with van der Waals surface area (Å²) >= 11 is 0. The summed E-state index contributed by atoms with van der Waals surface area (Å²) in [5.41, 5.74) is 0.000201. The van der Waals surface area contributed by atoms with E-state index >= 15 is 0 Å². The minimum absolute atomic E-state index is 0.000201. The largest absolute Gasteiger partial charge is 0.467 e. The number of rotatable bonds is 9. The Balaban J connectivity index is 3.26. The number of carbonyl (C=O) groups excluding carboxylic acids is 4. The maximum Gasteiger partial charge on any atom is 0.328 e. The van der Waals surface area contributed by atoms with Gasteiger partial charge in [-0.25, -0.2) is 9.78 Å². The number of imidazole rings is 1. The van der Waals surface area contributed by atoms with Gasteiger partial charge >= 0.3 is 5.97 Å². The van der Waals surface area contributed by atoms with Crippen molar-refractivity contribution in [3.63, 3.8) is 0 Å². The molecule has 1 atom stereocenters. The van der Waals surface area contributed by atoms with E-state index < -0.39 is 17.9 Å². The summed E-state index contributed by atoms with van der Waals surface area (Å²) in [7, 11) is 5.46. The Morgan fingerprint density at radius 2 is 1.96 bits per heavy atom. The van der Waals surface area contributed by atoms with Crippen molar-refractivity contribution in [1.82, 2.24) is 14.5 Å². The van der Waals surface area contributed by atoms with E-state index in [1.165, 1.54) is 51.0 Å². The average Bonchev–Trinajstić information content (AvgIpc) is 3.03. The highest BCUT2D eigenvalue weighted by atomic mass is 16.5. The number of aromatic nitrogens is 2. The Morgan fingerprint density at radius 1 is 1.32 bits per heavy atom. The molecule has 1 aromatic heterocycles. The van der Waals surface area contributed by atoms with E-state index in [0.717, 1.165) is 4.90 Å². The van der Waals surface area contributed by atoms with Gasteiger partial charge in [-0.2, -0.15) is 0 Å². The molecule has 0 radical (unpaired) electrons. The molecule has 0 aliphatic carbocycles. The highest BCUT2D eigenvalue weighted by Gasteiger charge is 2.29. The first-order valence-corrected chi connectivity index (χ1v) is 7.37. The number of anilines is 1. The van der Waals surface area contributed by atoms with Crippen molar-refractivity contribution in [1.29, 1.82) is 0 Å². The fraction of sp³-hybridized carbons (Fsp3) is 0.533. The second kappa shape index (κ2) is 8.92. The molecule has 0 saturated heterocycles. The van der Waals surface area contributed by atoms with E-state index in [2.05, 4.69) is 9.72 Å². The molecule has 1 heterocycles. The second-order valence-corrected chi connectivity index (χ2v) is 5.37. The maximum absolute atomic E-state index is 12.8. The number of esters is 1. The highest BCUT2D eigenvalue weighted by Crippen LogP contribution is 2.23. The smallest absolute Gasteiger partial charge is 0.328 e. The van der Waals surface area contributed by atoms with Crippen LogP contribution in [0.2, 0.25) is 0 Å². The minimum atomic E-state index is -0.840. The van der Waals surface area contributed by atoms with Crippen LogP contribution in [0.3, 0.4) is 0 Å². The first-order chi connectivity index (χ1) is 11.8. The first-order valence-electron chi connectivity index (χ1n) is 7.37. The molecular formula is C15H22N4O6. The molecule has 1 rings (SSSR count). The van der Waals surface area contributed by atoms with Crippen molar-refractivity contribution in [2.24, 2.45) is 0 Å². The third-order valence-electron chi connectivity index (χ3n) is 3.49. The van der Waals surface area contributed by atoms with Crippen molar-refractivity contribution in [2.75, 3.05) is 46.4 Å². The number of likely N-dealkylation sites (N-methyl/N-ethyl adjacent to an activating group) is 1. The lowest BCUT2D eigenvalue weighted by molar-refractivity contribution is -0.144. The molecule has 0 saturated carbocycles. The average molecular weight is 354 g/mol. The molecule has 0 aliphatic heterocycles. The number of ketones is 1. The Kier molecular flexibility index (Phi) is 7.24. The lowest BCUT2D eigenvalue weighted by Crippen LogP contribution is -2.36. The third-order valence-corrected chi connectivity index (χ3v) is 3.49. The minimum Gasteiger partial charge on any atom is -0.467 e. The van der Waals surface area contributed by atoms with Gasteiger partial charge in [0.2, 0.25) is 6.41 Å². The summed E-state index contributed by atoms with van der Waals surface area (Å²) in [6, 6.07) is -0.840. The predicted molar refractivity (Wildman–Crippen MR) is 87.3 cm³/mol. The van der Waals surface area contributed by atoms with E-state index in [-0.39, 0.29) is 30.4 Å². The van der Waals surface area contributed by atoms with Gasteiger partial charge in [-0.1, -0.05) is 0 Å². The van der Waals surface area contributed by atoms with Gasteiger partial charge in [0.05, 0.1) is 20.0 Å². The Morgan fingerprint density at radius 3 is 2.48 bits per heavy atom. The fourth-order valence-corrected chi connectivity index (χ4v) is 2.17. The number of methoxy groups -OCH3 is 2. The van der Waals surface area contributed by atoms with Crippen LogP contribution in [0.25, 0.3) is 0 Å². The summed E-state index contributed by atoms with van der Waals surface area (Å²) in [4.78, 5) is 53.7. The van der Waals surface area contributed by atoms with Crippen LogP contribution in [-0.2, 0) is 23.9 Å². The number of carbonyl (C=O) groups is 4. The molecule has 0 N–H and O–H groups in total. The van der Waals surface area contributed by atoms with Crippen LogP contribution in [0.1, 0.15) is 23.5 Å². The molecular weight excluding hydrogens is 332 g/mol. The van der Waals surface area contributed by atoms with E-state index in [1.807, 2.05) is 0 Å². The van der Waals surface area contributed by atoms with Crippen molar-refractivity contribution in [3.8, 4) is 0 Å². The number of hydrogen-bond donors (Lipinski definition) is 0. The highest BCUT2D eigenvalue weighted by molar-refractivity contribution is 6.01. The van der Waals surface area contributed by atoms with E-state index in [9.17, 15) is 19.2 Å². The summed E-state index contributed by atoms with van der Waals surface area (Å²) in [6.07, 6.45) is 1.76. The molecule has 0 bridgehead atoms. The Bertz CT molecular complexity index is 656. The van der Waals surface area contributed by atoms with Gasteiger partial charge in [-0.05, 0) is 6.92 Å². The molecule has 1 aromatic rings. The zero-order chi connectivity index (χ0) is 19.1. The van der Waals surface area contributed by atoms with Crippen molar-refractivity contribution in [3.05, 3.63) is 12.0 Å². The van der Waals surface area contributed by atoms with E-state index in [1.54, 1.807) is 0 Å². The van der Waals surface area contributed by atoms with Gasteiger partial charge in [0.25, 0.3) is 5.91 Å². The van der Waals surface area contributed by atoms with Crippen molar-refractivity contribution >= 4 is 29.9 Å². The lowest BCUT2D eigenvalue weighted by Gasteiger charge is -2.21. The van der Waals surface area contributed by atoms with Gasteiger partial charge in [-0.15, -0.1) is 0 Å². The van der Waals surface area contributed by atoms with Crippen LogP contribution in [-0.4, -0.2) is 80.0 Å². The molecule has 1 unspecified atom stereocenters. The molecule has 25 heavy (non-hydrogen) atoms. The zero-order valence-electron chi connectivity index (χ0n) is 14.9. The summed E-state index contributed by atoms with van der Waals surface area (Å²) in [5, 5.41) is 0. The van der Waals surface area contributed by atoms with Crippen LogP contribution in [0.4, 0.5) is 5.82 Å². The van der Waals surface area contributed by atoms with Gasteiger partial charge in [-0.3, -0.25) is 14.4 Å². The molecule has 138 valence electrons. The molecule has 0 aromatic carbocycles. The van der Waals surface area contributed by atoms with E-state index in [4.69, 9.17) is 4.74 Å². The first kappa shape index (κ1) is 20.3. The molecule has 0 spiro atoms. The van der Waals surface area contributed by atoms with Crippen LogP contribution in [0, 0.1) is 0 Å². The number of nitrogens with zero attached hydrogens (tertiary/aromatic N) is 4. The number of Topliss-reactive ketones (excluding diaryl/α,β-unsaturated/α-hetero) is 1. The van der Waals surface area contributed by atoms with Crippen LogP contribution in [0.5, 0.6) is 0 Å². The van der Waals surface area contributed by atoms with E-state index in [0.29, 0.717) is 6.41 Å². The van der Waals surface area contributed by atoms with Crippen molar-refractivity contribution in [2.45, 2.75) is 13.0 Å². The summed E-state index contributed by atoms with van der Waals surface area (Å²) in [6.45, 7) is 1.22. The van der Waals surface area contributed by atoms with Crippen LogP contribution in [0.15, 0.2) is 6.33 Å². The quantitative estimate of drug-likeness (QED) is 0.434. The molecule has 10 nitrogen and oxygen atoms in total. The fourth-order valence-electron chi connectivity index (χ4n) is 2.17. The summed E-state index contributed by atoms with van der Waals surface area (Å²) in [5.74, 6) is -1.37. The Labute approximate surface area is 145 Å². The van der Waals surface area contributed by atoms with Gasteiger partial charge in [0, 0.05) is 21.2 Å². The zero-order valence-corrected chi connectivity index (χ0v) is 14.9. The van der Waals surface area contributed by atoms with Gasteiger partial charge in [0.15, 0.2) is 17.3 Å². The monoisotopic (exact) mass is 354 g/mol. The van der Waals surface area contributed by atoms with Gasteiger partial charge < -0.3 is 23.8 Å². The SMILES string of the molecule is COCC(=O)CN(C)C(=O)c1c(N(C)C=O)ncn1C(C)C(=O)OC. The molecule has 2 amide bonds. The normalized spacial score (nSPS) is 11.6. The second-order valence-electron chi connectivity index (χ2n) is 5.37. The number of amides is 2. The molecule has 0 fully saturated rings. The predicted octanol–water partition coefficient (Wildman–Crippen LogP) is -0.503.